The average Bonchev–Trinajstić information content (AvgIpc) is 3.30. The molecule has 2 N–H and O–H groups in total. The molecule has 3 aliphatic carbocycles. The Morgan fingerprint density at radius 2 is 1.93 bits per heavy atom. The molecule has 0 unspecified atom stereocenters. The van der Waals surface area contributed by atoms with Gasteiger partial charge in [0.2, 0.25) is 0 Å². The quantitative estimate of drug-likeness (QED) is 0.361. The zero-order valence-electron chi connectivity index (χ0n) is 18.1. The Kier molecular flexibility index (Phi) is 6.24. The molecule has 8 atom stereocenters. The van der Waals surface area contributed by atoms with Crippen molar-refractivity contribution in [3.8, 4) is 0 Å². The summed E-state index contributed by atoms with van der Waals surface area (Å²) in [4.78, 5) is 10.8. The number of aliphatic carboxylic acids is 1. The van der Waals surface area contributed by atoms with E-state index in [1.54, 1.807) is 6.08 Å². The van der Waals surface area contributed by atoms with Crippen LogP contribution in [0.25, 0.3) is 0 Å². The van der Waals surface area contributed by atoms with Gasteiger partial charge in [0.05, 0.1) is 6.10 Å². The van der Waals surface area contributed by atoms with Gasteiger partial charge in [-0.3, -0.25) is 0 Å². The van der Waals surface area contributed by atoms with Crippen LogP contribution in [0.15, 0.2) is 36.0 Å². The fraction of sp³-hybridized carbons (Fsp3) is 0.720. The Labute approximate surface area is 170 Å². The number of aliphatic hydroxyl groups excluding tert-OH is 1. The van der Waals surface area contributed by atoms with Gasteiger partial charge < -0.3 is 10.2 Å². The van der Waals surface area contributed by atoms with E-state index in [0.29, 0.717) is 41.4 Å². The van der Waals surface area contributed by atoms with Crippen LogP contribution in [-0.4, -0.2) is 22.3 Å². The normalized spacial score (nSPS) is 43.4. The van der Waals surface area contributed by atoms with Gasteiger partial charge in [0.25, 0.3) is 0 Å². The van der Waals surface area contributed by atoms with E-state index in [-0.39, 0.29) is 11.5 Å². The molecule has 0 amide bonds. The van der Waals surface area contributed by atoms with Crippen molar-refractivity contribution in [1.29, 1.82) is 0 Å². The lowest BCUT2D eigenvalue weighted by molar-refractivity contribution is -0.131. The minimum absolute atomic E-state index is 0.181. The van der Waals surface area contributed by atoms with Gasteiger partial charge in [0, 0.05) is 6.08 Å². The van der Waals surface area contributed by atoms with Crippen molar-refractivity contribution in [2.24, 2.45) is 46.8 Å². The summed E-state index contributed by atoms with van der Waals surface area (Å²) < 4.78 is 0. The molecular weight excluding hydrogens is 348 g/mol. The number of hydrogen-bond donors (Lipinski definition) is 2. The smallest absolute Gasteiger partial charge is 0.328 e. The van der Waals surface area contributed by atoms with Crippen LogP contribution >= 0.6 is 0 Å². The summed E-state index contributed by atoms with van der Waals surface area (Å²) in [6.07, 6.45) is 13.6. The number of fused-ring (bicyclic) bond motifs is 3. The predicted octanol–water partition coefficient (Wildman–Crippen LogP) is 5.47. The largest absolute Gasteiger partial charge is 0.478 e. The van der Waals surface area contributed by atoms with E-state index in [4.69, 9.17) is 5.11 Å². The summed E-state index contributed by atoms with van der Waals surface area (Å²) >= 11 is 0. The van der Waals surface area contributed by atoms with Crippen LogP contribution in [0.2, 0.25) is 0 Å². The minimum atomic E-state index is -0.911. The molecule has 0 radical (unpaired) electrons. The van der Waals surface area contributed by atoms with Crippen molar-refractivity contribution >= 4 is 5.97 Å². The maximum atomic E-state index is 10.9. The Hall–Kier alpha value is -1.35. The predicted molar refractivity (Wildman–Crippen MR) is 114 cm³/mol. The third-order valence-electron chi connectivity index (χ3n) is 7.90. The van der Waals surface area contributed by atoms with Gasteiger partial charge in [0.1, 0.15) is 0 Å². The molecule has 3 rings (SSSR count). The van der Waals surface area contributed by atoms with Gasteiger partial charge in [-0.25, -0.2) is 4.79 Å². The molecule has 3 fully saturated rings. The third-order valence-corrected chi connectivity index (χ3v) is 7.90. The van der Waals surface area contributed by atoms with Crippen LogP contribution in [-0.2, 0) is 4.79 Å². The molecule has 0 aromatic carbocycles. The van der Waals surface area contributed by atoms with Crippen LogP contribution < -0.4 is 0 Å². The second kappa shape index (κ2) is 8.18. The molecular formula is C25H38O3. The zero-order valence-corrected chi connectivity index (χ0v) is 18.1. The fourth-order valence-corrected chi connectivity index (χ4v) is 6.58. The first-order valence-corrected chi connectivity index (χ1v) is 11.1. The zero-order chi connectivity index (χ0) is 20.6. The molecule has 3 saturated carbocycles. The molecule has 3 heteroatoms. The second-order valence-electron chi connectivity index (χ2n) is 10.3. The summed E-state index contributed by atoms with van der Waals surface area (Å²) in [5, 5.41) is 19.8. The van der Waals surface area contributed by atoms with Gasteiger partial charge in [-0.1, -0.05) is 57.6 Å². The van der Waals surface area contributed by atoms with Crippen LogP contribution in [0.1, 0.15) is 60.3 Å². The standard InChI is InChI=1S/C25H38O3/c1-15(2)10-11-17(4)24-18(8-6-7-9-21(27)28)22-16(3)12-13-20(26)23(22)19-14-25(19,24)5/h6-9,11,15-16,18-20,22-24,26H,10,12-14H2,1-5H3,(H,27,28)/b8-6+,9-7+,17-11+/t16-,18-,19+,20-,22-,23-,24-,25+/m0/s1. The Morgan fingerprint density at radius 1 is 1.21 bits per heavy atom. The van der Waals surface area contributed by atoms with Gasteiger partial charge in [-0.05, 0) is 79.4 Å². The van der Waals surface area contributed by atoms with E-state index >= 15 is 0 Å². The second-order valence-corrected chi connectivity index (χ2v) is 10.3. The lowest BCUT2D eigenvalue weighted by Crippen LogP contribution is -2.49. The molecule has 0 aromatic heterocycles. The number of allylic oxidation sites excluding steroid dienone is 5. The number of carbonyl (C=O) groups is 1. The first-order valence-electron chi connectivity index (χ1n) is 11.1. The van der Waals surface area contributed by atoms with Crippen LogP contribution in [0.4, 0.5) is 0 Å². The summed E-state index contributed by atoms with van der Waals surface area (Å²) in [5.74, 6) is 2.68. The summed E-state index contributed by atoms with van der Waals surface area (Å²) in [6, 6.07) is 0. The molecule has 0 aliphatic heterocycles. The van der Waals surface area contributed by atoms with Crippen molar-refractivity contribution in [2.75, 3.05) is 0 Å². The monoisotopic (exact) mass is 386 g/mol. The fourth-order valence-electron chi connectivity index (χ4n) is 6.58. The molecule has 0 spiro atoms. The Morgan fingerprint density at radius 3 is 2.57 bits per heavy atom. The van der Waals surface area contributed by atoms with Gasteiger partial charge >= 0.3 is 5.97 Å². The van der Waals surface area contributed by atoms with E-state index < -0.39 is 5.97 Å². The van der Waals surface area contributed by atoms with E-state index in [0.717, 1.165) is 19.3 Å². The molecule has 156 valence electrons. The highest BCUT2D eigenvalue weighted by Gasteiger charge is 2.68. The first kappa shape index (κ1) is 21.4. The maximum Gasteiger partial charge on any atom is 0.328 e. The van der Waals surface area contributed by atoms with E-state index in [1.807, 2.05) is 6.08 Å². The molecule has 0 bridgehead atoms. The van der Waals surface area contributed by atoms with Gasteiger partial charge in [-0.15, -0.1) is 0 Å². The topological polar surface area (TPSA) is 57.5 Å². The number of carboxylic acids is 1. The molecule has 28 heavy (non-hydrogen) atoms. The molecule has 0 heterocycles. The number of carboxylic acid groups (broad SMARTS) is 1. The van der Waals surface area contributed by atoms with E-state index in [2.05, 4.69) is 46.8 Å². The Balaban J connectivity index is 1.98. The van der Waals surface area contributed by atoms with Crippen molar-refractivity contribution in [2.45, 2.75) is 66.4 Å². The lowest BCUT2D eigenvalue weighted by atomic mass is 9.53. The summed E-state index contributed by atoms with van der Waals surface area (Å²) in [6.45, 7) is 11.6. The average molecular weight is 387 g/mol. The Bertz CT molecular complexity index is 673. The number of rotatable bonds is 6. The molecule has 3 aliphatic rings. The lowest BCUT2D eigenvalue weighted by Gasteiger charge is -2.52. The van der Waals surface area contributed by atoms with Crippen LogP contribution in [0.3, 0.4) is 0 Å². The van der Waals surface area contributed by atoms with Crippen LogP contribution in [0, 0.1) is 46.8 Å². The van der Waals surface area contributed by atoms with Crippen molar-refractivity contribution in [3.05, 3.63) is 36.0 Å². The highest BCUT2D eigenvalue weighted by molar-refractivity contribution is 5.80. The van der Waals surface area contributed by atoms with Crippen LogP contribution in [0.5, 0.6) is 0 Å². The highest BCUT2D eigenvalue weighted by Crippen LogP contribution is 2.73. The van der Waals surface area contributed by atoms with Gasteiger partial charge in [0.15, 0.2) is 0 Å². The maximum absolute atomic E-state index is 10.9. The van der Waals surface area contributed by atoms with E-state index in [1.165, 1.54) is 18.1 Å². The molecule has 3 nitrogen and oxygen atoms in total. The minimum Gasteiger partial charge on any atom is -0.478 e. The highest BCUT2D eigenvalue weighted by atomic mass is 16.4. The van der Waals surface area contributed by atoms with E-state index in [9.17, 15) is 9.90 Å². The first-order chi connectivity index (χ1) is 13.2. The number of hydrogen-bond acceptors (Lipinski definition) is 2. The number of aliphatic hydroxyl groups is 1. The molecule has 0 aromatic rings. The third kappa shape index (κ3) is 4.01. The van der Waals surface area contributed by atoms with Gasteiger partial charge in [-0.2, -0.15) is 0 Å². The summed E-state index contributed by atoms with van der Waals surface area (Å²) in [7, 11) is 0. The van der Waals surface area contributed by atoms with Crippen molar-refractivity contribution in [1.82, 2.24) is 0 Å². The SMILES string of the molecule is C/C(=C\CC(C)C)[C@H]1[C@@H](/C=C/C=C/C(=O)O)[C@H]2[C@@H]([C@H]3C[C@]31C)[C@@H](O)CC[C@@H]2C. The van der Waals surface area contributed by atoms with Crippen molar-refractivity contribution < 1.29 is 15.0 Å². The summed E-state index contributed by atoms with van der Waals surface area (Å²) in [5.41, 5.74) is 1.75. The molecule has 0 saturated heterocycles. The van der Waals surface area contributed by atoms with Crippen molar-refractivity contribution in [3.63, 3.8) is 0 Å².